The molecule has 1 heterocycles. The van der Waals surface area contributed by atoms with Crippen LogP contribution in [0.1, 0.15) is 41.8 Å². The number of anilines is 1. The molecule has 25 heavy (non-hydrogen) atoms. The van der Waals surface area contributed by atoms with Crippen molar-refractivity contribution in [3.63, 3.8) is 0 Å². The minimum Gasteiger partial charge on any atom is -0.488 e. The second kappa shape index (κ2) is 8.89. The highest BCUT2D eigenvalue weighted by Crippen LogP contribution is 2.25. The summed E-state index contributed by atoms with van der Waals surface area (Å²) < 4.78 is 11.0. The van der Waals surface area contributed by atoms with E-state index in [1.54, 1.807) is 30.3 Å². The molecule has 0 bridgehead atoms. The van der Waals surface area contributed by atoms with Crippen LogP contribution in [0.2, 0.25) is 0 Å². The molecule has 1 aromatic heterocycles. The molecule has 2 unspecified atom stereocenters. The number of ether oxygens (including phenoxy) is 1. The van der Waals surface area contributed by atoms with Crippen molar-refractivity contribution >= 4 is 24.0 Å². The van der Waals surface area contributed by atoms with E-state index in [-0.39, 0.29) is 31.0 Å². The second-order valence-corrected chi connectivity index (χ2v) is 5.99. The fraction of sp³-hybridized carbons (Fsp3) is 0.389. The van der Waals surface area contributed by atoms with Crippen LogP contribution < -0.4 is 15.8 Å². The number of nitrogens with two attached hydrogens (primary N) is 1. The van der Waals surface area contributed by atoms with Crippen molar-refractivity contribution in [2.75, 3.05) is 5.32 Å². The van der Waals surface area contributed by atoms with Gasteiger partial charge >= 0.3 is 0 Å². The van der Waals surface area contributed by atoms with Gasteiger partial charge in [-0.05, 0) is 49.6 Å². The molecule has 2 atom stereocenters. The Morgan fingerprint density at radius 3 is 2.64 bits per heavy atom. The second-order valence-electron chi connectivity index (χ2n) is 5.99. The molecule has 2 aromatic rings. The number of amides is 1. The Bertz CT molecular complexity index is 687. The molecule has 0 radical (unpaired) electrons. The van der Waals surface area contributed by atoms with Gasteiger partial charge in [0.2, 0.25) is 0 Å². The standard InChI is InChI=1S/C18H22N2O4.ClH/c19-10-15-9-12(11-23-15)18(22)20-13-5-7-14(8-6-13)24-17-4-2-1-3-16(17)21;/h5-9,11,16-17,21H,1-4,10,19H2,(H,20,22);1H. The Kier molecular flexibility index (Phi) is 6.87. The Morgan fingerprint density at radius 1 is 1.28 bits per heavy atom. The summed E-state index contributed by atoms with van der Waals surface area (Å²) in [5.74, 6) is 0.998. The van der Waals surface area contributed by atoms with Gasteiger partial charge in [0, 0.05) is 5.69 Å². The number of rotatable bonds is 5. The van der Waals surface area contributed by atoms with Crippen molar-refractivity contribution in [1.29, 1.82) is 0 Å². The zero-order valence-electron chi connectivity index (χ0n) is 13.8. The first kappa shape index (κ1) is 19.3. The summed E-state index contributed by atoms with van der Waals surface area (Å²) in [6.07, 6.45) is 4.60. The fourth-order valence-corrected chi connectivity index (χ4v) is 2.82. The van der Waals surface area contributed by atoms with Crippen LogP contribution in [-0.4, -0.2) is 23.2 Å². The normalized spacial score (nSPS) is 19.8. The summed E-state index contributed by atoms with van der Waals surface area (Å²) in [6.45, 7) is 0.256. The lowest BCUT2D eigenvalue weighted by Gasteiger charge is -2.28. The molecule has 6 nitrogen and oxygen atoms in total. The van der Waals surface area contributed by atoms with Gasteiger partial charge in [-0.15, -0.1) is 12.4 Å². The number of halogens is 1. The molecule has 1 saturated carbocycles. The maximum absolute atomic E-state index is 12.1. The third kappa shape index (κ3) is 4.98. The van der Waals surface area contributed by atoms with E-state index in [0.29, 0.717) is 22.8 Å². The molecule has 0 saturated heterocycles. The average Bonchev–Trinajstić information content (AvgIpc) is 3.08. The van der Waals surface area contributed by atoms with E-state index in [0.717, 1.165) is 25.7 Å². The zero-order valence-corrected chi connectivity index (χ0v) is 14.6. The minimum atomic E-state index is -0.407. The van der Waals surface area contributed by atoms with E-state index < -0.39 is 6.10 Å². The van der Waals surface area contributed by atoms with Gasteiger partial charge in [-0.2, -0.15) is 0 Å². The topological polar surface area (TPSA) is 97.7 Å². The monoisotopic (exact) mass is 366 g/mol. The van der Waals surface area contributed by atoms with Crippen molar-refractivity contribution in [2.24, 2.45) is 5.73 Å². The summed E-state index contributed by atoms with van der Waals surface area (Å²) in [4.78, 5) is 12.1. The fourth-order valence-electron chi connectivity index (χ4n) is 2.82. The first-order valence-corrected chi connectivity index (χ1v) is 8.19. The van der Waals surface area contributed by atoms with Crippen molar-refractivity contribution in [2.45, 2.75) is 44.4 Å². The van der Waals surface area contributed by atoms with Gasteiger partial charge < -0.3 is 25.3 Å². The third-order valence-corrected chi connectivity index (χ3v) is 4.18. The van der Waals surface area contributed by atoms with Crippen LogP contribution in [0, 0.1) is 0 Å². The smallest absolute Gasteiger partial charge is 0.258 e. The number of hydrogen-bond acceptors (Lipinski definition) is 5. The lowest BCUT2D eigenvalue weighted by Crippen LogP contribution is -2.34. The van der Waals surface area contributed by atoms with E-state index in [9.17, 15) is 9.90 Å². The quantitative estimate of drug-likeness (QED) is 0.755. The summed E-state index contributed by atoms with van der Waals surface area (Å²) in [7, 11) is 0. The highest BCUT2D eigenvalue weighted by atomic mass is 35.5. The average molecular weight is 367 g/mol. The van der Waals surface area contributed by atoms with Crippen molar-refractivity contribution in [1.82, 2.24) is 0 Å². The largest absolute Gasteiger partial charge is 0.488 e. The van der Waals surface area contributed by atoms with E-state index in [4.69, 9.17) is 14.9 Å². The van der Waals surface area contributed by atoms with Crippen LogP contribution in [0.3, 0.4) is 0 Å². The molecule has 0 spiro atoms. The van der Waals surface area contributed by atoms with E-state index in [2.05, 4.69) is 5.32 Å². The van der Waals surface area contributed by atoms with Gasteiger partial charge in [0.25, 0.3) is 5.91 Å². The van der Waals surface area contributed by atoms with Crippen molar-refractivity contribution < 1.29 is 19.1 Å². The van der Waals surface area contributed by atoms with Crippen molar-refractivity contribution in [3.8, 4) is 5.75 Å². The maximum atomic E-state index is 12.1. The van der Waals surface area contributed by atoms with Gasteiger partial charge in [0.05, 0.1) is 18.2 Å². The highest BCUT2D eigenvalue weighted by Gasteiger charge is 2.24. The minimum absolute atomic E-state index is 0. The molecule has 1 aliphatic rings. The van der Waals surface area contributed by atoms with Gasteiger partial charge in [-0.25, -0.2) is 0 Å². The number of aliphatic hydroxyl groups is 1. The first-order chi connectivity index (χ1) is 11.7. The first-order valence-electron chi connectivity index (χ1n) is 8.19. The van der Waals surface area contributed by atoms with Crippen LogP contribution in [0.25, 0.3) is 0 Å². The lowest BCUT2D eigenvalue weighted by atomic mass is 9.95. The summed E-state index contributed by atoms with van der Waals surface area (Å²) in [6, 6.07) is 8.74. The van der Waals surface area contributed by atoms with Crippen LogP contribution in [-0.2, 0) is 6.54 Å². The molecule has 7 heteroatoms. The predicted octanol–water partition coefficient (Wildman–Crippen LogP) is 3.09. The van der Waals surface area contributed by atoms with Crippen molar-refractivity contribution in [3.05, 3.63) is 47.9 Å². The number of furan rings is 1. The molecule has 1 fully saturated rings. The molecule has 4 N–H and O–H groups in total. The molecule has 1 aromatic carbocycles. The predicted molar refractivity (Wildman–Crippen MR) is 97.1 cm³/mol. The summed E-state index contributed by atoms with van der Waals surface area (Å²) in [5, 5.41) is 12.7. The van der Waals surface area contributed by atoms with Gasteiger partial charge in [0.15, 0.2) is 0 Å². The maximum Gasteiger partial charge on any atom is 0.258 e. The van der Waals surface area contributed by atoms with Crippen LogP contribution in [0.15, 0.2) is 41.0 Å². The van der Waals surface area contributed by atoms with E-state index in [1.807, 2.05) is 0 Å². The van der Waals surface area contributed by atoms with Crippen LogP contribution in [0.4, 0.5) is 5.69 Å². The van der Waals surface area contributed by atoms with E-state index in [1.165, 1.54) is 6.26 Å². The number of benzene rings is 1. The molecule has 3 rings (SSSR count). The Balaban J connectivity index is 0.00000225. The molecule has 1 amide bonds. The highest BCUT2D eigenvalue weighted by molar-refractivity contribution is 6.04. The number of aliphatic hydroxyl groups excluding tert-OH is 1. The number of carbonyl (C=O) groups excluding carboxylic acids is 1. The van der Waals surface area contributed by atoms with Gasteiger partial charge in [0.1, 0.15) is 23.9 Å². The van der Waals surface area contributed by atoms with Crippen LogP contribution >= 0.6 is 12.4 Å². The molecular formula is C18H23ClN2O4. The molecule has 136 valence electrons. The Morgan fingerprint density at radius 2 is 2.00 bits per heavy atom. The number of hydrogen-bond donors (Lipinski definition) is 3. The van der Waals surface area contributed by atoms with Crippen LogP contribution in [0.5, 0.6) is 5.75 Å². The Labute approximate surface area is 152 Å². The molecule has 1 aliphatic carbocycles. The number of carbonyl (C=O) groups is 1. The summed E-state index contributed by atoms with van der Waals surface area (Å²) in [5.41, 5.74) is 6.55. The number of nitrogens with one attached hydrogen (secondary N) is 1. The molecule has 0 aliphatic heterocycles. The Hall–Kier alpha value is -2.02. The molecular weight excluding hydrogens is 344 g/mol. The van der Waals surface area contributed by atoms with E-state index >= 15 is 0 Å². The van der Waals surface area contributed by atoms with Gasteiger partial charge in [-0.1, -0.05) is 6.42 Å². The summed E-state index contributed by atoms with van der Waals surface area (Å²) >= 11 is 0. The zero-order chi connectivity index (χ0) is 16.9. The SMILES string of the molecule is Cl.NCc1cc(C(=O)Nc2ccc(OC3CCCCC3O)cc2)co1. The third-order valence-electron chi connectivity index (χ3n) is 4.18. The lowest BCUT2D eigenvalue weighted by molar-refractivity contribution is 0.00688. The van der Waals surface area contributed by atoms with Gasteiger partial charge in [-0.3, -0.25) is 4.79 Å².